The maximum absolute atomic E-state index is 6.04. The van der Waals surface area contributed by atoms with Crippen LogP contribution in [0.1, 0.15) is 5.69 Å². The average Bonchev–Trinajstić information content (AvgIpc) is 2.80. The van der Waals surface area contributed by atoms with E-state index in [-0.39, 0.29) is 0 Å². The molecule has 96 valence electrons. The van der Waals surface area contributed by atoms with E-state index >= 15 is 0 Å². The van der Waals surface area contributed by atoms with Crippen molar-refractivity contribution in [2.45, 2.75) is 6.61 Å². The summed E-state index contributed by atoms with van der Waals surface area (Å²) in [6.45, 7) is 0.383. The van der Waals surface area contributed by atoms with Crippen molar-refractivity contribution < 1.29 is 4.74 Å². The van der Waals surface area contributed by atoms with Crippen molar-refractivity contribution in [3.63, 3.8) is 0 Å². The Labute approximate surface area is 115 Å². The van der Waals surface area contributed by atoms with Crippen LogP contribution in [0.2, 0.25) is 5.02 Å². The molecule has 4 nitrogen and oxygen atoms in total. The monoisotopic (exact) mass is 273 g/mol. The van der Waals surface area contributed by atoms with Gasteiger partial charge in [-0.25, -0.2) is 4.98 Å². The molecule has 0 unspecified atom stereocenters. The number of anilines is 1. The van der Waals surface area contributed by atoms with E-state index in [0.717, 1.165) is 11.3 Å². The Morgan fingerprint density at radius 3 is 2.89 bits per heavy atom. The van der Waals surface area contributed by atoms with Crippen LogP contribution in [0.5, 0.6) is 5.75 Å². The molecule has 0 aliphatic carbocycles. The molecule has 3 rings (SSSR count). The van der Waals surface area contributed by atoms with Gasteiger partial charge in [0.25, 0.3) is 0 Å². The molecule has 2 N–H and O–H groups in total. The van der Waals surface area contributed by atoms with Gasteiger partial charge >= 0.3 is 0 Å². The Morgan fingerprint density at radius 2 is 2.05 bits per heavy atom. The van der Waals surface area contributed by atoms with Gasteiger partial charge in [-0.1, -0.05) is 23.7 Å². The second kappa shape index (κ2) is 4.82. The molecule has 5 heteroatoms. The molecule has 1 aromatic carbocycles. The van der Waals surface area contributed by atoms with Gasteiger partial charge in [0.15, 0.2) is 0 Å². The number of aromatic nitrogens is 2. The molecule has 0 bridgehead atoms. The van der Waals surface area contributed by atoms with Crippen LogP contribution in [-0.2, 0) is 6.61 Å². The van der Waals surface area contributed by atoms with Crippen LogP contribution >= 0.6 is 11.6 Å². The van der Waals surface area contributed by atoms with Crippen LogP contribution < -0.4 is 10.5 Å². The van der Waals surface area contributed by atoms with Crippen LogP contribution in [0.4, 0.5) is 5.69 Å². The minimum atomic E-state index is 0.383. The van der Waals surface area contributed by atoms with Gasteiger partial charge in [-0.15, -0.1) is 0 Å². The molecule has 0 radical (unpaired) electrons. The zero-order valence-electron chi connectivity index (χ0n) is 10.1. The van der Waals surface area contributed by atoms with Crippen molar-refractivity contribution >= 4 is 22.9 Å². The lowest BCUT2D eigenvalue weighted by atomic mass is 10.3. The number of benzene rings is 1. The molecular weight excluding hydrogens is 262 g/mol. The van der Waals surface area contributed by atoms with Crippen LogP contribution in [-0.4, -0.2) is 9.38 Å². The second-order valence-electron chi connectivity index (χ2n) is 4.16. The fraction of sp³-hybridized carbons (Fsp3) is 0.0714. The van der Waals surface area contributed by atoms with Crippen molar-refractivity contribution in [1.29, 1.82) is 0 Å². The lowest BCUT2D eigenvalue weighted by Crippen LogP contribution is -2.00. The Hall–Kier alpha value is -2.20. The van der Waals surface area contributed by atoms with Gasteiger partial charge in [0.05, 0.1) is 16.9 Å². The van der Waals surface area contributed by atoms with E-state index in [2.05, 4.69) is 4.98 Å². The Balaban J connectivity index is 1.86. The first-order valence-corrected chi connectivity index (χ1v) is 6.20. The lowest BCUT2D eigenvalue weighted by Gasteiger charge is -2.07. The summed E-state index contributed by atoms with van der Waals surface area (Å²) in [5.41, 5.74) is 8.22. The summed E-state index contributed by atoms with van der Waals surface area (Å²) >= 11 is 6.04. The quantitative estimate of drug-likeness (QED) is 0.797. The smallest absolute Gasteiger partial charge is 0.138 e. The third-order valence-electron chi connectivity index (χ3n) is 2.82. The largest absolute Gasteiger partial charge is 0.486 e. The van der Waals surface area contributed by atoms with Crippen molar-refractivity contribution in [3.05, 3.63) is 59.5 Å². The zero-order valence-corrected chi connectivity index (χ0v) is 10.8. The van der Waals surface area contributed by atoms with Crippen LogP contribution in [0.3, 0.4) is 0 Å². The summed E-state index contributed by atoms with van der Waals surface area (Å²) in [5.74, 6) is 0.656. The number of hydrogen-bond acceptors (Lipinski definition) is 3. The number of imidazole rings is 1. The van der Waals surface area contributed by atoms with E-state index in [1.165, 1.54) is 0 Å². The molecule has 0 spiro atoms. The Kier molecular flexibility index (Phi) is 3.01. The molecule has 2 aromatic heterocycles. The van der Waals surface area contributed by atoms with E-state index in [4.69, 9.17) is 22.1 Å². The first-order chi connectivity index (χ1) is 9.24. The summed E-state index contributed by atoms with van der Waals surface area (Å²) in [7, 11) is 0. The summed E-state index contributed by atoms with van der Waals surface area (Å²) in [6.07, 6.45) is 3.60. The molecule has 0 aliphatic rings. The molecule has 0 aliphatic heterocycles. The first-order valence-electron chi connectivity index (χ1n) is 5.83. The van der Waals surface area contributed by atoms with Gasteiger partial charge in [0.1, 0.15) is 18.0 Å². The number of rotatable bonds is 3. The second-order valence-corrected chi connectivity index (χ2v) is 4.57. The molecule has 19 heavy (non-hydrogen) atoms. The van der Waals surface area contributed by atoms with Gasteiger partial charge in [-0.2, -0.15) is 0 Å². The highest BCUT2D eigenvalue weighted by Gasteiger charge is 2.05. The van der Waals surface area contributed by atoms with Crippen LogP contribution in [0.15, 0.2) is 48.8 Å². The van der Waals surface area contributed by atoms with E-state index in [1.54, 1.807) is 12.3 Å². The first kappa shape index (κ1) is 11.9. The van der Waals surface area contributed by atoms with Crippen LogP contribution in [0.25, 0.3) is 5.65 Å². The number of fused-ring (bicyclic) bond motifs is 1. The summed E-state index contributed by atoms with van der Waals surface area (Å²) < 4.78 is 7.60. The Morgan fingerprint density at radius 1 is 1.21 bits per heavy atom. The summed E-state index contributed by atoms with van der Waals surface area (Å²) in [6, 6.07) is 11.1. The number of pyridine rings is 1. The van der Waals surface area contributed by atoms with E-state index < -0.39 is 0 Å². The van der Waals surface area contributed by atoms with Gasteiger partial charge in [0.2, 0.25) is 0 Å². The number of para-hydroxylation sites is 1. The molecule has 0 saturated carbocycles. The highest BCUT2D eigenvalue weighted by molar-refractivity contribution is 6.32. The third kappa shape index (κ3) is 2.35. The molecule has 0 fully saturated rings. The van der Waals surface area contributed by atoms with Gasteiger partial charge in [-0.3, -0.25) is 4.40 Å². The number of hydrogen-bond donors (Lipinski definition) is 1. The summed E-state index contributed by atoms with van der Waals surface area (Å²) in [4.78, 5) is 4.29. The van der Waals surface area contributed by atoms with E-state index in [0.29, 0.717) is 23.1 Å². The predicted molar refractivity (Wildman–Crippen MR) is 75.4 cm³/mol. The van der Waals surface area contributed by atoms with Gasteiger partial charge in [-0.05, 0) is 24.3 Å². The van der Waals surface area contributed by atoms with E-state index in [1.807, 2.05) is 40.9 Å². The SMILES string of the molecule is Nc1ccc2ncc(COc3ccccc3Cl)n2c1. The standard InChI is InChI=1S/C14H12ClN3O/c15-12-3-1-2-4-13(12)19-9-11-7-17-14-6-5-10(16)8-18(11)14/h1-8H,9,16H2. The number of nitrogens with two attached hydrogens (primary N) is 1. The molecule has 3 aromatic rings. The predicted octanol–water partition coefficient (Wildman–Crippen LogP) is 3.15. The number of ether oxygens (including phenoxy) is 1. The van der Waals surface area contributed by atoms with Crippen molar-refractivity contribution in [2.24, 2.45) is 0 Å². The summed E-state index contributed by atoms with van der Waals surface area (Å²) in [5, 5.41) is 0.593. The highest BCUT2D eigenvalue weighted by atomic mass is 35.5. The normalized spacial score (nSPS) is 10.8. The van der Waals surface area contributed by atoms with Gasteiger partial charge in [0, 0.05) is 11.9 Å². The number of halogens is 1. The molecule has 2 heterocycles. The fourth-order valence-electron chi connectivity index (χ4n) is 1.87. The van der Waals surface area contributed by atoms with Crippen molar-refractivity contribution in [3.8, 4) is 5.75 Å². The third-order valence-corrected chi connectivity index (χ3v) is 3.13. The maximum atomic E-state index is 6.04. The molecular formula is C14H12ClN3O. The van der Waals surface area contributed by atoms with Crippen LogP contribution in [0, 0.1) is 0 Å². The number of nitrogen functional groups attached to an aromatic ring is 1. The van der Waals surface area contributed by atoms with Crippen molar-refractivity contribution in [1.82, 2.24) is 9.38 Å². The lowest BCUT2D eigenvalue weighted by molar-refractivity contribution is 0.300. The maximum Gasteiger partial charge on any atom is 0.138 e. The van der Waals surface area contributed by atoms with E-state index in [9.17, 15) is 0 Å². The topological polar surface area (TPSA) is 52.5 Å². The zero-order chi connectivity index (χ0) is 13.2. The van der Waals surface area contributed by atoms with Crippen molar-refractivity contribution in [2.75, 3.05) is 5.73 Å². The average molecular weight is 274 g/mol. The molecule has 0 amide bonds. The minimum Gasteiger partial charge on any atom is -0.486 e. The minimum absolute atomic E-state index is 0.383. The highest BCUT2D eigenvalue weighted by Crippen LogP contribution is 2.24. The Bertz CT molecular complexity index is 724. The molecule has 0 saturated heterocycles. The molecule has 0 atom stereocenters. The number of nitrogens with zero attached hydrogens (tertiary/aromatic N) is 2. The fourth-order valence-corrected chi connectivity index (χ4v) is 2.06. The van der Waals surface area contributed by atoms with Gasteiger partial charge < -0.3 is 10.5 Å².